The number of nitrogens with one attached hydrogen (secondary N) is 1. The van der Waals surface area contributed by atoms with Gasteiger partial charge in [0.1, 0.15) is 5.00 Å². The molecule has 136 valence electrons. The molecule has 0 saturated heterocycles. The second kappa shape index (κ2) is 8.91. The lowest BCUT2D eigenvalue weighted by atomic mass is 10.2. The maximum absolute atomic E-state index is 12.1. The van der Waals surface area contributed by atoms with Crippen molar-refractivity contribution in [3.8, 4) is 0 Å². The minimum Gasteiger partial charge on any atom is -0.462 e. The Morgan fingerprint density at radius 3 is 2.54 bits per heavy atom. The fourth-order valence-corrected chi connectivity index (χ4v) is 3.09. The van der Waals surface area contributed by atoms with Crippen molar-refractivity contribution in [3.63, 3.8) is 0 Å². The van der Waals surface area contributed by atoms with Gasteiger partial charge in [0, 0.05) is 23.1 Å². The molecule has 0 unspecified atom stereocenters. The molecule has 1 heterocycles. The molecule has 0 radical (unpaired) electrons. The lowest BCUT2D eigenvalue weighted by Crippen LogP contribution is -2.11. The highest BCUT2D eigenvalue weighted by molar-refractivity contribution is 7.16. The van der Waals surface area contributed by atoms with E-state index in [2.05, 4.69) is 5.32 Å². The number of thiophene rings is 1. The molecule has 0 bridgehead atoms. The summed E-state index contributed by atoms with van der Waals surface area (Å²) in [7, 11) is 0. The molecule has 0 aliphatic carbocycles. The first kappa shape index (κ1) is 19.3. The van der Waals surface area contributed by atoms with Crippen LogP contribution in [0, 0.1) is 10.1 Å². The molecule has 1 aromatic carbocycles. The number of non-ortho nitro benzene ring substituents is 1. The third-order valence-corrected chi connectivity index (χ3v) is 4.59. The molecule has 8 heteroatoms. The predicted octanol–water partition coefficient (Wildman–Crippen LogP) is 4.05. The van der Waals surface area contributed by atoms with E-state index < -0.39 is 16.8 Å². The van der Waals surface area contributed by atoms with Gasteiger partial charge in [0.15, 0.2) is 0 Å². The van der Waals surface area contributed by atoms with E-state index in [1.807, 2.05) is 6.92 Å². The summed E-state index contributed by atoms with van der Waals surface area (Å²) in [5.41, 5.74) is 0.971. The Morgan fingerprint density at radius 1 is 1.27 bits per heavy atom. The van der Waals surface area contributed by atoms with Crippen LogP contribution in [0.4, 0.5) is 10.7 Å². The topological polar surface area (TPSA) is 98.5 Å². The Morgan fingerprint density at radius 2 is 1.96 bits per heavy atom. The predicted molar refractivity (Wildman–Crippen MR) is 100 cm³/mol. The molecule has 0 saturated carbocycles. The van der Waals surface area contributed by atoms with Gasteiger partial charge in [-0.3, -0.25) is 14.9 Å². The van der Waals surface area contributed by atoms with Crippen LogP contribution in [0.25, 0.3) is 6.08 Å². The lowest BCUT2D eigenvalue weighted by molar-refractivity contribution is -0.384. The van der Waals surface area contributed by atoms with Crippen LogP contribution in [-0.4, -0.2) is 23.4 Å². The first-order chi connectivity index (χ1) is 12.4. The minimum absolute atomic E-state index is 0.0173. The van der Waals surface area contributed by atoms with Crippen LogP contribution < -0.4 is 5.32 Å². The summed E-state index contributed by atoms with van der Waals surface area (Å²) >= 11 is 1.33. The zero-order valence-electron chi connectivity index (χ0n) is 14.4. The lowest BCUT2D eigenvalue weighted by Gasteiger charge is -2.03. The van der Waals surface area contributed by atoms with Crippen molar-refractivity contribution in [3.05, 3.63) is 62.5 Å². The average Bonchev–Trinajstić information content (AvgIpc) is 3.03. The summed E-state index contributed by atoms with van der Waals surface area (Å²) in [6.45, 7) is 3.93. The van der Waals surface area contributed by atoms with E-state index >= 15 is 0 Å². The largest absolute Gasteiger partial charge is 0.462 e. The van der Waals surface area contributed by atoms with Crippen LogP contribution >= 0.6 is 11.3 Å². The van der Waals surface area contributed by atoms with Gasteiger partial charge in [0.2, 0.25) is 5.91 Å². The number of carbonyl (C=O) groups is 2. The Labute approximate surface area is 154 Å². The van der Waals surface area contributed by atoms with E-state index in [4.69, 9.17) is 4.74 Å². The fraction of sp³-hybridized carbons (Fsp3) is 0.222. The van der Waals surface area contributed by atoms with Gasteiger partial charge in [-0.05, 0) is 43.2 Å². The molecule has 2 rings (SSSR count). The molecule has 0 atom stereocenters. The number of ether oxygens (including phenoxy) is 1. The van der Waals surface area contributed by atoms with Crippen LogP contribution in [0.5, 0.6) is 0 Å². The molecule has 1 aromatic heterocycles. The monoisotopic (exact) mass is 374 g/mol. The fourth-order valence-electron chi connectivity index (χ4n) is 2.10. The van der Waals surface area contributed by atoms with E-state index in [1.54, 1.807) is 25.1 Å². The molecular formula is C18H18N2O5S. The van der Waals surface area contributed by atoms with E-state index in [9.17, 15) is 19.7 Å². The molecule has 26 heavy (non-hydrogen) atoms. The highest BCUT2D eigenvalue weighted by atomic mass is 32.1. The smallest absolute Gasteiger partial charge is 0.341 e. The molecule has 0 spiro atoms. The molecule has 7 nitrogen and oxygen atoms in total. The van der Waals surface area contributed by atoms with E-state index in [0.717, 1.165) is 11.3 Å². The summed E-state index contributed by atoms with van der Waals surface area (Å²) in [5, 5.41) is 13.8. The van der Waals surface area contributed by atoms with Crippen molar-refractivity contribution < 1.29 is 19.2 Å². The first-order valence-electron chi connectivity index (χ1n) is 7.98. The summed E-state index contributed by atoms with van der Waals surface area (Å²) in [5.74, 6) is -0.878. The molecule has 1 amide bonds. The minimum atomic E-state index is -0.487. The Bertz CT molecular complexity index is 840. The highest BCUT2D eigenvalue weighted by Crippen LogP contribution is 2.29. The van der Waals surface area contributed by atoms with E-state index in [-0.39, 0.29) is 12.3 Å². The second-order valence-electron chi connectivity index (χ2n) is 5.20. The van der Waals surface area contributed by atoms with Crippen molar-refractivity contribution in [1.29, 1.82) is 0 Å². The van der Waals surface area contributed by atoms with E-state index in [1.165, 1.54) is 35.6 Å². The van der Waals surface area contributed by atoms with Crippen LogP contribution in [0.1, 0.15) is 34.6 Å². The first-order valence-corrected chi connectivity index (χ1v) is 8.79. The van der Waals surface area contributed by atoms with Gasteiger partial charge < -0.3 is 10.1 Å². The van der Waals surface area contributed by atoms with Gasteiger partial charge >= 0.3 is 5.97 Å². The highest BCUT2D eigenvalue weighted by Gasteiger charge is 2.17. The maximum atomic E-state index is 12.1. The molecule has 1 N–H and O–H groups in total. The number of benzene rings is 1. The second-order valence-corrected chi connectivity index (χ2v) is 6.34. The third-order valence-electron chi connectivity index (χ3n) is 3.39. The third kappa shape index (κ3) is 5.00. The number of hydrogen-bond donors (Lipinski definition) is 1. The summed E-state index contributed by atoms with van der Waals surface area (Å²) < 4.78 is 5.01. The number of esters is 1. The molecule has 0 aliphatic rings. The number of nitro groups is 1. The van der Waals surface area contributed by atoms with Gasteiger partial charge in [-0.25, -0.2) is 4.79 Å². The Hall–Kier alpha value is -3.00. The summed E-state index contributed by atoms with van der Waals surface area (Å²) in [6.07, 6.45) is 3.59. The standard InChI is InChI=1S/C18H18N2O5S/c1-3-14-11-15(18(22)25-4-2)17(26-14)19-16(21)10-7-12-5-8-13(9-6-12)20(23)24/h5-11H,3-4H2,1-2H3,(H,19,21)/b10-7+. The van der Waals surface area contributed by atoms with Crippen molar-refractivity contribution in [2.75, 3.05) is 11.9 Å². The van der Waals surface area contributed by atoms with Gasteiger partial charge in [0.05, 0.1) is 17.1 Å². The normalized spacial score (nSPS) is 10.7. The van der Waals surface area contributed by atoms with Crippen molar-refractivity contribution >= 4 is 40.0 Å². The van der Waals surface area contributed by atoms with Gasteiger partial charge in [0.25, 0.3) is 5.69 Å². The van der Waals surface area contributed by atoms with Crippen LogP contribution in [0.3, 0.4) is 0 Å². The number of hydrogen-bond acceptors (Lipinski definition) is 6. The molecule has 2 aromatic rings. The van der Waals surface area contributed by atoms with Crippen LogP contribution in [-0.2, 0) is 16.0 Å². The number of aryl methyl sites for hydroxylation is 1. The van der Waals surface area contributed by atoms with Crippen LogP contribution in [0.2, 0.25) is 0 Å². The van der Waals surface area contributed by atoms with Gasteiger partial charge in [-0.15, -0.1) is 11.3 Å². The number of nitro benzene ring substituents is 1. The number of anilines is 1. The molecular weight excluding hydrogens is 356 g/mol. The number of carbonyl (C=O) groups excluding carboxylic acids is 2. The number of rotatable bonds is 7. The molecule has 0 aliphatic heterocycles. The SMILES string of the molecule is CCOC(=O)c1cc(CC)sc1NC(=O)/C=C/c1ccc([N+](=O)[O-])cc1. The van der Waals surface area contributed by atoms with Crippen molar-refractivity contribution in [1.82, 2.24) is 0 Å². The summed E-state index contributed by atoms with van der Waals surface area (Å²) in [6, 6.07) is 7.54. The van der Waals surface area contributed by atoms with Crippen molar-refractivity contribution in [2.45, 2.75) is 20.3 Å². The van der Waals surface area contributed by atoms with Gasteiger partial charge in [-0.2, -0.15) is 0 Å². The Kier molecular flexibility index (Phi) is 6.62. The van der Waals surface area contributed by atoms with Crippen molar-refractivity contribution in [2.24, 2.45) is 0 Å². The average molecular weight is 374 g/mol. The van der Waals surface area contributed by atoms with E-state index in [0.29, 0.717) is 16.1 Å². The number of amides is 1. The van der Waals surface area contributed by atoms with Crippen LogP contribution in [0.15, 0.2) is 36.4 Å². The Balaban J connectivity index is 2.10. The zero-order valence-corrected chi connectivity index (χ0v) is 15.2. The molecule has 0 fully saturated rings. The van der Waals surface area contributed by atoms with Gasteiger partial charge in [-0.1, -0.05) is 6.92 Å². The summed E-state index contributed by atoms with van der Waals surface area (Å²) in [4.78, 5) is 35.2. The number of nitrogens with zero attached hydrogens (tertiary/aromatic N) is 1. The quantitative estimate of drug-likeness (QED) is 0.341. The zero-order chi connectivity index (χ0) is 19.1. The maximum Gasteiger partial charge on any atom is 0.341 e.